The maximum Gasteiger partial charge on any atom is 0.407 e. The fraction of sp³-hybridized carbons (Fsp3) is 0.533. The second-order valence-corrected chi connectivity index (χ2v) is 13.1. The summed E-state index contributed by atoms with van der Waals surface area (Å²) in [4.78, 5) is 26.4. The molecule has 4 atom stereocenters. The Morgan fingerprint density at radius 1 is 1.12 bits per heavy atom. The lowest BCUT2D eigenvalue weighted by Gasteiger charge is -2.39. The van der Waals surface area contributed by atoms with Crippen LogP contribution in [0.3, 0.4) is 0 Å². The Bertz CT molecular complexity index is 1370. The summed E-state index contributed by atoms with van der Waals surface area (Å²) in [6.45, 7) is 3.70. The smallest absolute Gasteiger partial charge is 0.407 e. The molecule has 2 aliphatic rings. The zero-order valence-corrected chi connectivity index (χ0v) is 25.5. The van der Waals surface area contributed by atoms with Crippen LogP contribution in [-0.2, 0) is 30.7 Å². The van der Waals surface area contributed by atoms with Crippen molar-refractivity contribution in [3.05, 3.63) is 65.2 Å². The number of ether oxygens (including phenoxy) is 2. The summed E-state index contributed by atoms with van der Waals surface area (Å²) in [6.07, 6.45) is 2.05. The fourth-order valence-electron chi connectivity index (χ4n) is 6.28. The molecule has 236 valence electrons. The van der Waals surface area contributed by atoms with Gasteiger partial charge in [-0.25, -0.2) is 22.0 Å². The number of nitrogens with one attached hydrogen (secondary N) is 3. The number of halogens is 2. The highest BCUT2D eigenvalue weighted by molar-refractivity contribution is 7.88. The number of carbonyl (C=O) groups is 2. The van der Waals surface area contributed by atoms with Gasteiger partial charge < -0.3 is 25.4 Å². The summed E-state index contributed by atoms with van der Waals surface area (Å²) in [5, 5.41) is 8.71. The predicted molar refractivity (Wildman–Crippen MR) is 158 cm³/mol. The number of hydrogen-bond acceptors (Lipinski definition) is 7. The Morgan fingerprint density at radius 2 is 1.81 bits per heavy atom. The van der Waals surface area contributed by atoms with Crippen LogP contribution in [-0.4, -0.2) is 82.5 Å². The number of nitrogens with zero attached hydrogens (tertiary/aromatic N) is 1. The Kier molecular flexibility index (Phi) is 11.1. The van der Waals surface area contributed by atoms with Gasteiger partial charge in [-0.3, -0.25) is 4.79 Å². The number of piperazine rings is 1. The first kappa shape index (κ1) is 32.8. The molecule has 2 aliphatic heterocycles. The number of carbonyl (C=O) groups excluding carboxylic acids is 2. The highest BCUT2D eigenvalue weighted by atomic mass is 32.2. The lowest BCUT2D eigenvalue weighted by Crippen LogP contribution is -2.58. The van der Waals surface area contributed by atoms with Crippen LogP contribution >= 0.6 is 0 Å². The number of methoxy groups -OCH3 is 1. The van der Waals surface area contributed by atoms with Crippen molar-refractivity contribution in [1.82, 2.24) is 14.9 Å². The summed E-state index contributed by atoms with van der Waals surface area (Å²) < 4.78 is 65.9. The largest absolute Gasteiger partial charge is 0.453 e. The second-order valence-electron chi connectivity index (χ2n) is 11.2. The van der Waals surface area contributed by atoms with E-state index in [2.05, 4.69) is 16.0 Å². The predicted octanol–water partition coefficient (Wildman–Crippen LogP) is 3.39. The standard InChI is InChI=1S/C30H40F2N4O6S/c1-19-17-33-18-23(36(19)43(3,39)40)11-12-24-25(32)5-4-6-26(24)34-29(37)28(35-30(38)41-2)27(21-13-15-42-16-14-21)20-7-9-22(31)10-8-20/h4-10,19,21,23,27-28,33H,11-18H2,1-3H3,(H,34,37)(H,35,38). The van der Waals surface area contributed by atoms with E-state index in [1.807, 2.05) is 6.92 Å². The zero-order valence-electron chi connectivity index (χ0n) is 24.6. The summed E-state index contributed by atoms with van der Waals surface area (Å²) >= 11 is 0. The molecule has 43 heavy (non-hydrogen) atoms. The highest BCUT2D eigenvalue weighted by Crippen LogP contribution is 2.36. The number of rotatable bonds is 10. The first-order valence-electron chi connectivity index (χ1n) is 14.4. The van der Waals surface area contributed by atoms with Gasteiger partial charge in [-0.15, -0.1) is 0 Å². The molecule has 2 saturated heterocycles. The molecule has 2 aromatic carbocycles. The van der Waals surface area contributed by atoms with Crippen LogP contribution in [0, 0.1) is 17.6 Å². The van der Waals surface area contributed by atoms with Crippen LogP contribution in [0.25, 0.3) is 0 Å². The molecule has 4 unspecified atom stereocenters. The van der Waals surface area contributed by atoms with Crippen molar-refractivity contribution in [3.8, 4) is 0 Å². The van der Waals surface area contributed by atoms with E-state index >= 15 is 4.39 Å². The minimum Gasteiger partial charge on any atom is -0.453 e. The average molecular weight is 623 g/mol. The maximum absolute atomic E-state index is 15.2. The van der Waals surface area contributed by atoms with Crippen molar-refractivity contribution in [2.24, 2.45) is 5.92 Å². The first-order valence-corrected chi connectivity index (χ1v) is 16.3. The van der Waals surface area contributed by atoms with Crippen molar-refractivity contribution >= 4 is 27.7 Å². The zero-order chi connectivity index (χ0) is 31.1. The second kappa shape index (κ2) is 14.6. The van der Waals surface area contributed by atoms with E-state index in [4.69, 9.17) is 9.47 Å². The van der Waals surface area contributed by atoms with Crippen LogP contribution in [0.5, 0.6) is 0 Å². The molecule has 0 saturated carbocycles. The van der Waals surface area contributed by atoms with Gasteiger partial charge in [-0.05, 0) is 68.4 Å². The monoisotopic (exact) mass is 622 g/mol. The van der Waals surface area contributed by atoms with Crippen LogP contribution in [0.2, 0.25) is 0 Å². The van der Waals surface area contributed by atoms with Crippen molar-refractivity contribution < 1.29 is 36.3 Å². The van der Waals surface area contributed by atoms with Crippen LogP contribution in [0.1, 0.15) is 43.2 Å². The first-order chi connectivity index (χ1) is 20.5. The third kappa shape index (κ3) is 8.28. The van der Waals surface area contributed by atoms with Gasteiger partial charge in [0, 0.05) is 55.6 Å². The number of anilines is 1. The van der Waals surface area contributed by atoms with Crippen LogP contribution < -0.4 is 16.0 Å². The molecule has 2 aromatic rings. The van der Waals surface area contributed by atoms with E-state index in [1.165, 1.54) is 41.9 Å². The molecule has 0 bridgehead atoms. The van der Waals surface area contributed by atoms with Gasteiger partial charge in [0.1, 0.15) is 17.7 Å². The molecule has 10 nitrogen and oxygen atoms in total. The molecule has 0 radical (unpaired) electrons. The van der Waals surface area contributed by atoms with Gasteiger partial charge >= 0.3 is 6.09 Å². The van der Waals surface area contributed by atoms with Crippen molar-refractivity contribution in [1.29, 1.82) is 0 Å². The minimum absolute atomic E-state index is 0.0816. The Hall–Kier alpha value is -3.13. The quantitative estimate of drug-likeness (QED) is 0.371. The summed E-state index contributed by atoms with van der Waals surface area (Å²) in [5.74, 6) is -2.21. The minimum atomic E-state index is -3.50. The summed E-state index contributed by atoms with van der Waals surface area (Å²) in [7, 11) is -2.31. The number of alkyl carbamates (subject to hydrolysis) is 1. The van der Waals surface area contributed by atoms with Gasteiger partial charge in [0.25, 0.3) is 0 Å². The molecule has 2 fully saturated rings. The van der Waals surface area contributed by atoms with Gasteiger partial charge in [0.15, 0.2) is 0 Å². The molecule has 0 aromatic heterocycles. The molecule has 4 rings (SSSR count). The third-order valence-corrected chi connectivity index (χ3v) is 9.65. The Balaban J connectivity index is 1.63. The lowest BCUT2D eigenvalue weighted by atomic mass is 9.76. The van der Waals surface area contributed by atoms with Gasteiger partial charge in [0.2, 0.25) is 15.9 Å². The Labute approximate surface area is 251 Å². The number of benzene rings is 2. The van der Waals surface area contributed by atoms with Gasteiger partial charge in [-0.2, -0.15) is 4.31 Å². The van der Waals surface area contributed by atoms with Crippen molar-refractivity contribution in [2.45, 2.75) is 56.7 Å². The number of hydrogen-bond donors (Lipinski definition) is 3. The average Bonchev–Trinajstić information content (AvgIpc) is 2.97. The molecule has 0 aliphatic carbocycles. The van der Waals surface area contributed by atoms with Gasteiger partial charge in [-0.1, -0.05) is 18.2 Å². The van der Waals surface area contributed by atoms with Crippen LogP contribution in [0.4, 0.5) is 19.3 Å². The van der Waals surface area contributed by atoms with E-state index in [1.54, 1.807) is 18.2 Å². The molecule has 2 heterocycles. The van der Waals surface area contributed by atoms with E-state index in [0.717, 1.165) is 0 Å². The molecule has 0 spiro atoms. The summed E-state index contributed by atoms with van der Waals surface area (Å²) in [6, 6.07) is 8.34. The topological polar surface area (TPSA) is 126 Å². The van der Waals surface area contributed by atoms with E-state index < -0.39 is 51.7 Å². The van der Waals surface area contributed by atoms with Gasteiger partial charge in [0.05, 0.1) is 13.4 Å². The molecule has 13 heteroatoms. The molecule has 3 N–H and O–H groups in total. The van der Waals surface area contributed by atoms with E-state index in [0.29, 0.717) is 51.1 Å². The Morgan fingerprint density at radius 3 is 2.47 bits per heavy atom. The molecular weight excluding hydrogens is 582 g/mol. The van der Waals surface area contributed by atoms with E-state index in [-0.39, 0.29) is 29.6 Å². The van der Waals surface area contributed by atoms with Crippen molar-refractivity contribution in [3.63, 3.8) is 0 Å². The van der Waals surface area contributed by atoms with Crippen LogP contribution in [0.15, 0.2) is 42.5 Å². The number of amides is 2. The number of sulfonamides is 1. The molecule has 2 amide bonds. The highest BCUT2D eigenvalue weighted by Gasteiger charge is 2.38. The summed E-state index contributed by atoms with van der Waals surface area (Å²) in [5.41, 5.74) is 1.10. The normalized spacial score (nSPS) is 21.5. The van der Waals surface area contributed by atoms with E-state index in [9.17, 15) is 22.4 Å². The van der Waals surface area contributed by atoms with Crippen molar-refractivity contribution in [2.75, 3.05) is 45.0 Å². The fourth-order valence-corrected chi connectivity index (χ4v) is 7.73. The molecular formula is C30H40F2N4O6S. The lowest BCUT2D eigenvalue weighted by molar-refractivity contribution is -0.119. The maximum atomic E-state index is 15.2. The SMILES string of the molecule is COC(=O)NC(C(=O)Nc1cccc(F)c1CCC1CNCC(C)N1S(C)(=O)=O)C(c1ccc(F)cc1)C1CCOCC1. The third-order valence-electron chi connectivity index (χ3n) is 8.23.